The van der Waals surface area contributed by atoms with E-state index in [-0.39, 0.29) is 11.9 Å². The van der Waals surface area contributed by atoms with Crippen molar-refractivity contribution in [3.8, 4) is 11.5 Å². The number of benzene rings is 1. The number of nitrogens with one attached hydrogen (secondary N) is 1. The molecule has 1 aromatic carbocycles. The van der Waals surface area contributed by atoms with E-state index in [1.807, 2.05) is 0 Å². The van der Waals surface area contributed by atoms with Gasteiger partial charge in [-0.25, -0.2) is 0 Å². The lowest BCUT2D eigenvalue weighted by molar-refractivity contribution is 0.0620. The van der Waals surface area contributed by atoms with Crippen LogP contribution >= 0.6 is 11.6 Å². The summed E-state index contributed by atoms with van der Waals surface area (Å²) in [5, 5.41) is 3.71. The van der Waals surface area contributed by atoms with Crippen molar-refractivity contribution >= 4 is 17.5 Å². The average Bonchev–Trinajstić information content (AvgIpc) is 2.63. The summed E-state index contributed by atoms with van der Waals surface area (Å²) in [6.45, 7) is 3.31. The summed E-state index contributed by atoms with van der Waals surface area (Å²) >= 11 is 5.90. The highest BCUT2D eigenvalue weighted by atomic mass is 35.5. The normalized spacial score (nSPS) is 24.8. The number of nitrogens with zero attached hydrogens (tertiary/aromatic N) is 2. The van der Waals surface area contributed by atoms with Gasteiger partial charge in [-0.2, -0.15) is 0 Å². The predicted octanol–water partition coefficient (Wildman–Crippen LogP) is 3.35. The smallest absolute Gasteiger partial charge is 0.251 e. The van der Waals surface area contributed by atoms with Crippen molar-refractivity contribution in [2.24, 2.45) is 5.92 Å². The zero-order chi connectivity index (χ0) is 17.2. The van der Waals surface area contributed by atoms with Gasteiger partial charge < -0.3 is 15.0 Å². The maximum Gasteiger partial charge on any atom is 0.251 e. The minimum absolute atomic E-state index is 0.0188. The molecule has 0 radical (unpaired) electrons. The lowest BCUT2D eigenvalue weighted by Crippen LogP contribution is -2.57. The molecule has 2 bridgehead atoms. The van der Waals surface area contributed by atoms with Crippen molar-refractivity contribution in [2.75, 3.05) is 19.6 Å². The zero-order valence-electron chi connectivity index (χ0n) is 13.8. The fraction of sp³-hybridized carbons (Fsp3) is 0.368. The molecule has 6 heteroatoms. The predicted molar refractivity (Wildman–Crippen MR) is 96.2 cm³/mol. The Hall–Kier alpha value is -2.11. The Morgan fingerprint density at radius 3 is 2.56 bits per heavy atom. The summed E-state index contributed by atoms with van der Waals surface area (Å²) in [5.41, 5.74) is 0.646. The van der Waals surface area contributed by atoms with Crippen LogP contribution in [0.3, 0.4) is 0 Å². The Bertz CT molecular complexity index is 758. The molecule has 5 nitrogen and oxygen atoms in total. The third-order valence-corrected chi connectivity index (χ3v) is 5.21. The lowest BCUT2D eigenvalue weighted by atomic mass is 9.84. The van der Waals surface area contributed by atoms with Gasteiger partial charge >= 0.3 is 0 Å². The molecule has 5 rings (SSSR count). The molecular weight excluding hydrogens is 338 g/mol. The first kappa shape index (κ1) is 16.4. The number of carbonyl (C=O) groups is 1. The molecule has 2 aromatic rings. The fourth-order valence-electron chi connectivity index (χ4n) is 3.64. The van der Waals surface area contributed by atoms with Gasteiger partial charge in [0.15, 0.2) is 0 Å². The van der Waals surface area contributed by atoms with Crippen LogP contribution in [0.25, 0.3) is 0 Å². The number of hydrogen-bond acceptors (Lipinski definition) is 4. The largest absolute Gasteiger partial charge is 0.456 e. The summed E-state index contributed by atoms with van der Waals surface area (Å²) in [5.74, 6) is 1.81. The number of halogens is 1. The number of piperidine rings is 3. The van der Waals surface area contributed by atoms with E-state index in [4.69, 9.17) is 16.3 Å². The number of pyridine rings is 1. The van der Waals surface area contributed by atoms with Crippen LogP contribution in [0.4, 0.5) is 0 Å². The number of ether oxygens (including phenoxy) is 1. The minimum atomic E-state index is -0.0188. The first-order chi connectivity index (χ1) is 12.2. The monoisotopic (exact) mass is 357 g/mol. The summed E-state index contributed by atoms with van der Waals surface area (Å²) < 4.78 is 5.70. The molecule has 130 valence electrons. The van der Waals surface area contributed by atoms with Crippen LogP contribution < -0.4 is 10.1 Å². The van der Waals surface area contributed by atoms with Crippen LogP contribution in [0.2, 0.25) is 5.02 Å². The van der Waals surface area contributed by atoms with Gasteiger partial charge in [-0.3, -0.25) is 9.78 Å². The van der Waals surface area contributed by atoms with Crippen molar-refractivity contribution < 1.29 is 9.53 Å². The number of rotatable bonds is 4. The Morgan fingerprint density at radius 2 is 1.92 bits per heavy atom. The molecule has 3 fully saturated rings. The molecule has 1 amide bonds. The first-order valence-corrected chi connectivity index (χ1v) is 8.97. The van der Waals surface area contributed by atoms with Crippen LogP contribution in [-0.4, -0.2) is 41.5 Å². The summed E-state index contributed by atoms with van der Waals surface area (Å²) in [7, 11) is 0. The van der Waals surface area contributed by atoms with E-state index in [2.05, 4.69) is 15.2 Å². The maximum atomic E-state index is 12.5. The van der Waals surface area contributed by atoms with Gasteiger partial charge in [0.05, 0.1) is 11.2 Å². The number of carbonyl (C=O) groups excluding carboxylic acids is 1. The van der Waals surface area contributed by atoms with Crippen molar-refractivity contribution in [2.45, 2.75) is 18.9 Å². The standard InChI is InChI=1S/C19H20ClN3O2/c20-15-9-17(11-21-10-15)25-16-3-1-14(2-4-16)19(24)22-18-12-23-7-5-13(18)6-8-23/h1-4,9-11,13,18H,5-8,12H2,(H,22,24). The minimum Gasteiger partial charge on any atom is -0.456 e. The molecule has 1 aromatic heterocycles. The van der Waals surface area contributed by atoms with Gasteiger partial charge in [0, 0.05) is 30.4 Å². The number of hydrogen-bond donors (Lipinski definition) is 1. The third kappa shape index (κ3) is 3.78. The molecule has 4 heterocycles. The van der Waals surface area contributed by atoms with E-state index in [1.54, 1.807) is 42.7 Å². The summed E-state index contributed by atoms with van der Waals surface area (Å²) in [6, 6.07) is 9.10. The fourth-order valence-corrected chi connectivity index (χ4v) is 3.80. The van der Waals surface area contributed by atoms with E-state index in [1.165, 1.54) is 25.9 Å². The molecule has 3 aliphatic heterocycles. The van der Waals surface area contributed by atoms with E-state index in [0.29, 0.717) is 28.0 Å². The molecule has 3 saturated heterocycles. The lowest BCUT2D eigenvalue weighted by Gasteiger charge is -2.44. The third-order valence-electron chi connectivity index (χ3n) is 5.00. The Morgan fingerprint density at radius 1 is 1.16 bits per heavy atom. The van der Waals surface area contributed by atoms with Gasteiger partial charge in [0.25, 0.3) is 5.91 Å². The van der Waals surface area contributed by atoms with Crippen LogP contribution in [0.15, 0.2) is 42.7 Å². The number of amides is 1. The van der Waals surface area contributed by atoms with E-state index in [0.717, 1.165) is 6.54 Å². The van der Waals surface area contributed by atoms with Gasteiger partial charge in [0.1, 0.15) is 11.5 Å². The molecule has 3 aliphatic rings. The first-order valence-electron chi connectivity index (χ1n) is 8.59. The van der Waals surface area contributed by atoms with Crippen molar-refractivity contribution in [1.29, 1.82) is 0 Å². The van der Waals surface area contributed by atoms with E-state index >= 15 is 0 Å². The highest BCUT2D eigenvalue weighted by Crippen LogP contribution is 2.28. The summed E-state index contributed by atoms with van der Waals surface area (Å²) in [4.78, 5) is 18.9. The van der Waals surface area contributed by atoms with Gasteiger partial charge in [-0.05, 0) is 56.1 Å². The molecule has 0 spiro atoms. The average molecular weight is 358 g/mol. The SMILES string of the molecule is O=C(NC1CN2CCC1CC2)c1ccc(Oc2cncc(Cl)c2)cc1. The van der Waals surface area contributed by atoms with Crippen molar-refractivity contribution in [1.82, 2.24) is 15.2 Å². The van der Waals surface area contributed by atoms with Gasteiger partial charge in [-0.1, -0.05) is 11.6 Å². The van der Waals surface area contributed by atoms with Crippen LogP contribution in [-0.2, 0) is 0 Å². The molecule has 1 unspecified atom stereocenters. The number of aromatic nitrogens is 1. The van der Waals surface area contributed by atoms with Crippen LogP contribution in [0.5, 0.6) is 11.5 Å². The molecule has 1 atom stereocenters. The maximum absolute atomic E-state index is 12.5. The topological polar surface area (TPSA) is 54.5 Å². The van der Waals surface area contributed by atoms with Gasteiger partial charge in [0.2, 0.25) is 0 Å². The highest BCUT2D eigenvalue weighted by molar-refractivity contribution is 6.30. The van der Waals surface area contributed by atoms with Crippen molar-refractivity contribution in [3.63, 3.8) is 0 Å². The molecule has 25 heavy (non-hydrogen) atoms. The number of fused-ring (bicyclic) bond motifs is 3. The summed E-state index contributed by atoms with van der Waals surface area (Å²) in [6.07, 6.45) is 5.52. The van der Waals surface area contributed by atoms with Crippen LogP contribution in [0, 0.1) is 5.92 Å². The van der Waals surface area contributed by atoms with Crippen molar-refractivity contribution in [3.05, 3.63) is 53.3 Å². The van der Waals surface area contributed by atoms with E-state index < -0.39 is 0 Å². The Kier molecular flexibility index (Phi) is 4.59. The molecule has 1 N–H and O–H groups in total. The molecule has 0 saturated carbocycles. The second kappa shape index (κ2) is 7.02. The van der Waals surface area contributed by atoms with Gasteiger partial charge in [-0.15, -0.1) is 0 Å². The second-order valence-electron chi connectivity index (χ2n) is 6.68. The second-order valence-corrected chi connectivity index (χ2v) is 7.12. The Balaban J connectivity index is 1.39. The zero-order valence-corrected chi connectivity index (χ0v) is 14.6. The van der Waals surface area contributed by atoms with Crippen LogP contribution in [0.1, 0.15) is 23.2 Å². The quantitative estimate of drug-likeness (QED) is 0.911. The van der Waals surface area contributed by atoms with E-state index in [9.17, 15) is 4.79 Å². The Labute approximate surface area is 152 Å². The molecule has 0 aliphatic carbocycles. The highest BCUT2D eigenvalue weighted by Gasteiger charge is 2.34. The molecular formula is C19H20ClN3O2.